The van der Waals surface area contributed by atoms with E-state index in [1.165, 1.54) is 17.4 Å². The average molecular weight is 427 g/mol. The highest BCUT2D eigenvalue weighted by atomic mass is 32.2. The second-order valence-electron chi connectivity index (χ2n) is 5.22. The number of alkyl halides is 6. The summed E-state index contributed by atoms with van der Waals surface area (Å²) in [4.78, 5) is 0. The number of halogens is 6. The van der Waals surface area contributed by atoms with Crippen LogP contribution in [0.15, 0.2) is 47.6 Å². The Kier molecular flexibility index (Phi) is 4.58. The molecule has 0 aliphatic heterocycles. The number of hydrogen-bond donors (Lipinski definition) is 0. The van der Waals surface area contributed by atoms with Crippen molar-refractivity contribution in [2.45, 2.75) is 11.7 Å². The fourth-order valence-electron chi connectivity index (χ4n) is 2.27. The van der Waals surface area contributed by atoms with Gasteiger partial charge in [-0.1, -0.05) is 29.4 Å². The quantitative estimate of drug-likeness (QED) is 0.250. The first kappa shape index (κ1) is 19.4. The van der Waals surface area contributed by atoms with Crippen LogP contribution < -0.4 is 0 Å². The summed E-state index contributed by atoms with van der Waals surface area (Å²) in [7, 11) is -6.31. The number of nitrogens with zero attached hydrogens (tertiary/aromatic N) is 1. The van der Waals surface area contributed by atoms with E-state index in [9.17, 15) is 34.8 Å². The zero-order valence-electron chi connectivity index (χ0n) is 12.8. The number of benzene rings is 2. The van der Waals surface area contributed by atoms with Crippen molar-refractivity contribution >= 4 is 47.3 Å². The van der Waals surface area contributed by atoms with E-state index >= 15 is 0 Å². The second kappa shape index (κ2) is 6.37. The van der Waals surface area contributed by atoms with Crippen LogP contribution in [0.3, 0.4) is 0 Å². The van der Waals surface area contributed by atoms with Crippen LogP contribution >= 0.6 is 11.3 Å². The Morgan fingerprint density at radius 2 is 1.56 bits per heavy atom. The van der Waals surface area contributed by atoms with Gasteiger partial charge in [-0.25, -0.2) is 0 Å². The summed E-state index contributed by atoms with van der Waals surface area (Å²) in [5.41, 5.74) is -8.43. The molecule has 1 heterocycles. The summed E-state index contributed by atoms with van der Waals surface area (Å²) in [6.07, 6.45) is -5.25. The van der Waals surface area contributed by atoms with Gasteiger partial charge in [-0.2, -0.15) is 34.8 Å². The molecule has 3 aromatic rings. The fourth-order valence-corrected chi connectivity index (χ4v) is 3.61. The highest BCUT2D eigenvalue weighted by molar-refractivity contribution is 7.87. The molecule has 2 aromatic carbocycles. The van der Waals surface area contributed by atoms with Gasteiger partial charge in [-0.05, 0) is 18.2 Å². The molecule has 0 aliphatic carbocycles. The Bertz CT molecular complexity index is 1150. The van der Waals surface area contributed by atoms with Crippen molar-refractivity contribution in [2.24, 2.45) is 5.16 Å². The summed E-state index contributed by atoms with van der Waals surface area (Å²) in [6, 6.07) is 10.3. The number of thiophene rings is 1. The van der Waals surface area contributed by atoms with Gasteiger partial charge in [0.1, 0.15) is 0 Å². The largest absolute Gasteiger partial charge is 0.536 e. The van der Waals surface area contributed by atoms with Crippen LogP contribution in [0.4, 0.5) is 26.3 Å². The smallest absolute Gasteiger partial charge is 0.261 e. The maximum atomic E-state index is 13.2. The van der Waals surface area contributed by atoms with Gasteiger partial charge >= 0.3 is 21.8 Å². The van der Waals surface area contributed by atoms with Gasteiger partial charge < -0.3 is 0 Å². The van der Waals surface area contributed by atoms with Gasteiger partial charge in [-0.15, -0.1) is 11.3 Å². The molecule has 12 heteroatoms. The molecule has 0 aliphatic rings. The average Bonchev–Trinajstić information content (AvgIpc) is 2.90. The van der Waals surface area contributed by atoms with Crippen LogP contribution in [0.5, 0.6) is 0 Å². The van der Waals surface area contributed by atoms with E-state index in [4.69, 9.17) is 0 Å². The molecule has 27 heavy (non-hydrogen) atoms. The zero-order valence-corrected chi connectivity index (χ0v) is 14.4. The summed E-state index contributed by atoms with van der Waals surface area (Å²) in [5, 5.41) is 3.33. The number of rotatable bonds is 3. The van der Waals surface area contributed by atoms with Crippen molar-refractivity contribution in [1.82, 2.24) is 0 Å². The molecule has 0 saturated carbocycles. The first-order valence-electron chi connectivity index (χ1n) is 6.97. The normalized spacial score (nSPS) is 14.1. The first-order chi connectivity index (χ1) is 12.4. The van der Waals surface area contributed by atoms with Crippen molar-refractivity contribution in [2.75, 3.05) is 0 Å². The van der Waals surface area contributed by atoms with Crippen LogP contribution in [0.2, 0.25) is 0 Å². The van der Waals surface area contributed by atoms with Crippen LogP contribution in [-0.2, 0) is 14.4 Å². The fraction of sp³-hybridized carbons (Fsp3) is 0.133. The molecule has 0 saturated heterocycles. The zero-order chi connectivity index (χ0) is 20.0. The second-order valence-corrected chi connectivity index (χ2v) is 7.83. The van der Waals surface area contributed by atoms with Gasteiger partial charge in [0.15, 0.2) is 5.71 Å². The highest BCUT2D eigenvalue weighted by Crippen LogP contribution is 2.35. The van der Waals surface area contributed by atoms with E-state index in [1.54, 1.807) is 24.3 Å². The van der Waals surface area contributed by atoms with E-state index in [0.29, 0.717) is 15.5 Å². The Morgan fingerprint density at radius 1 is 0.926 bits per heavy atom. The molecular formula is C15H7F6NO3S2. The molecule has 1 aromatic heterocycles. The van der Waals surface area contributed by atoms with Gasteiger partial charge in [0, 0.05) is 25.7 Å². The van der Waals surface area contributed by atoms with Crippen molar-refractivity contribution in [1.29, 1.82) is 0 Å². The van der Waals surface area contributed by atoms with Gasteiger partial charge in [-0.3, -0.25) is 4.28 Å². The summed E-state index contributed by atoms with van der Waals surface area (Å²) < 4.78 is 103. The number of fused-ring (bicyclic) bond motifs is 3. The van der Waals surface area contributed by atoms with E-state index in [2.05, 4.69) is 9.44 Å². The molecule has 3 rings (SSSR count). The van der Waals surface area contributed by atoms with Crippen LogP contribution in [-0.4, -0.2) is 25.8 Å². The predicted molar refractivity (Wildman–Crippen MR) is 88.0 cm³/mol. The van der Waals surface area contributed by atoms with Gasteiger partial charge in [0.2, 0.25) is 0 Å². The van der Waals surface area contributed by atoms with Gasteiger partial charge in [0.05, 0.1) is 0 Å². The van der Waals surface area contributed by atoms with E-state index in [-0.39, 0.29) is 0 Å². The molecule has 0 amide bonds. The third-order valence-corrected chi connectivity index (χ3v) is 5.42. The Morgan fingerprint density at radius 3 is 2.19 bits per heavy atom. The summed E-state index contributed by atoms with van der Waals surface area (Å²) in [5.74, 6) is 0. The van der Waals surface area contributed by atoms with Crippen molar-refractivity contribution in [3.63, 3.8) is 0 Å². The van der Waals surface area contributed by atoms with E-state index < -0.39 is 33.1 Å². The lowest BCUT2D eigenvalue weighted by Gasteiger charge is -2.11. The van der Waals surface area contributed by atoms with Crippen molar-refractivity contribution < 1.29 is 39.0 Å². The Labute approximate surface area is 151 Å². The molecule has 144 valence electrons. The Hall–Kier alpha value is -2.34. The molecule has 0 atom stereocenters. The summed E-state index contributed by atoms with van der Waals surface area (Å²) >= 11 is 1.31. The number of oxime groups is 1. The minimum absolute atomic E-state index is 0.420. The SMILES string of the molecule is O=S(=O)(O/N=C(\c1ccc2sc3ccccc3c2c1)C(F)(F)F)C(F)(F)F. The van der Waals surface area contributed by atoms with Crippen LogP contribution in [0, 0.1) is 0 Å². The number of hydrogen-bond acceptors (Lipinski definition) is 5. The topological polar surface area (TPSA) is 55.7 Å². The lowest BCUT2D eigenvalue weighted by molar-refractivity contribution is -0.0633. The third kappa shape index (κ3) is 3.72. The lowest BCUT2D eigenvalue weighted by atomic mass is 10.1. The minimum atomic E-state index is -6.31. The highest BCUT2D eigenvalue weighted by Gasteiger charge is 2.49. The van der Waals surface area contributed by atoms with E-state index in [0.717, 1.165) is 16.8 Å². The maximum absolute atomic E-state index is 13.2. The maximum Gasteiger partial charge on any atom is 0.536 e. The minimum Gasteiger partial charge on any atom is -0.261 e. The van der Waals surface area contributed by atoms with E-state index in [1.807, 2.05) is 0 Å². The van der Waals surface area contributed by atoms with Crippen molar-refractivity contribution in [3.05, 3.63) is 48.0 Å². The molecule has 0 fully saturated rings. The molecule has 0 spiro atoms. The van der Waals surface area contributed by atoms with Gasteiger partial charge in [0.25, 0.3) is 0 Å². The Balaban J connectivity index is 2.13. The standard InChI is InChI=1S/C15H7F6NO3S2/c16-14(17,18)13(22-25-27(23,24)15(19,20)21)8-5-6-12-10(7-8)9-3-1-2-4-11(9)26-12/h1-7H/b22-13+. The molecule has 4 nitrogen and oxygen atoms in total. The molecule has 0 radical (unpaired) electrons. The lowest BCUT2D eigenvalue weighted by Crippen LogP contribution is -2.28. The van der Waals surface area contributed by atoms with Crippen molar-refractivity contribution in [3.8, 4) is 0 Å². The third-order valence-electron chi connectivity index (χ3n) is 3.43. The van der Waals surface area contributed by atoms with Crippen LogP contribution in [0.25, 0.3) is 20.2 Å². The summed E-state index contributed by atoms with van der Waals surface area (Å²) in [6.45, 7) is 0. The molecular weight excluding hydrogens is 420 g/mol. The predicted octanol–water partition coefficient (Wildman–Crippen LogP) is 5.19. The van der Waals surface area contributed by atoms with Crippen LogP contribution in [0.1, 0.15) is 5.56 Å². The first-order valence-corrected chi connectivity index (χ1v) is 9.19. The molecule has 0 unspecified atom stereocenters. The molecule has 0 bridgehead atoms. The monoisotopic (exact) mass is 427 g/mol. The molecule has 0 N–H and O–H groups in total.